The molecule has 2 aliphatic carbocycles. The summed E-state index contributed by atoms with van der Waals surface area (Å²) in [6, 6.07) is 2.28. The number of carbonyl (C=O) groups excluding carboxylic acids is 2. The van der Waals surface area contributed by atoms with E-state index in [1.54, 1.807) is 18.5 Å². The number of esters is 1. The van der Waals surface area contributed by atoms with Crippen molar-refractivity contribution in [3.05, 3.63) is 62.5 Å². The summed E-state index contributed by atoms with van der Waals surface area (Å²) < 4.78 is 46.9. The third-order valence-corrected chi connectivity index (χ3v) is 10.9. The maximum atomic E-state index is 14.0. The minimum Gasteiger partial charge on any atom is -0.463 e. The highest BCUT2D eigenvalue weighted by molar-refractivity contribution is 7.90. The monoisotopic (exact) mass is 621 g/mol. The highest BCUT2D eigenvalue weighted by atomic mass is 35.5. The summed E-state index contributed by atoms with van der Waals surface area (Å²) in [7, 11) is -3.72. The van der Waals surface area contributed by atoms with Crippen LogP contribution >= 0.6 is 22.9 Å². The van der Waals surface area contributed by atoms with Gasteiger partial charge in [0.25, 0.3) is 5.91 Å². The summed E-state index contributed by atoms with van der Waals surface area (Å²) in [5, 5.41) is 5.19. The standard InChI is InChI=1S/C27H29ClFN5O5S2/c1-2-39-26(36)21-19(13-34-14-27(7-8-27)12-20(34)24(35)33-41(37,38)16-4-5-16)31-23(25-30-9-10-40-25)32-22(21)17-6-3-15(29)11-18(17)28/h3,6,9-11,16,20,22H,2,4-5,7-8,12-14H2,1H3,(H,31,32)(H,33,35). The number of nitrogens with one attached hydrogen (secondary N) is 2. The summed E-state index contributed by atoms with van der Waals surface area (Å²) in [6.07, 6.45) is 5.15. The van der Waals surface area contributed by atoms with E-state index in [0.717, 1.165) is 18.9 Å². The molecule has 3 fully saturated rings. The number of hydrogen-bond acceptors (Lipinski definition) is 10. The number of aliphatic imine (C=N–C) groups is 1. The highest BCUT2D eigenvalue weighted by Gasteiger charge is 2.55. The van der Waals surface area contributed by atoms with Crippen LogP contribution in [0.2, 0.25) is 5.02 Å². The van der Waals surface area contributed by atoms with Crippen molar-refractivity contribution in [2.75, 3.05) is 19.7 Å². The van der Waals surface area contributed by atoms with Gasteiger partial charge in [-0.15, -0.1) is 11.3 Å². The van der Waals surface area contributed by atoms with Gasteiger partial charge in [0.2, 0.25) is 10.0 Å². The van der Waals surface area contributed by atoms with E-state index in [1.807, 2.05) is 4.90 Å². The predicted octanol–water partition coefficient (Wildman–Crippen LogP) is 3.31. The average Bonchev–Trinajstić information content (AvgIpc) is 3.81. The maximum Gasteiger partial charge on any atom is 0.338 e. The maximum absolute atomic E-state index is 14.0. The Balaban J connectivity index is 1.39. The lowest BCUT2D eigenvalue weighted by Crippen LogP contribution is -2.48. The lowest BCUT2D eigenvalue weighted by Gasteiger charge is -2.31. The molecule has 14 heteroatoms. The number of likely N-dealkylation sites (tertiary alicyclic amines) is 1. The Labute approximate surface area is 246 Å². The van der Waals surface area contributed by atoms with Gasteiger partial charge in [0.05, 0.1) is 23.5 Å². The van der Waals surface area contributed by atoms with E-state index in [0.29, 0.717) is 47.9 Å². The Morgan fingerprint density at radius 2 is 2.10 bits per heavy atom. The number of amides is 1. The number of rotatable bonds is 9. The van der Waals surface area contributed by atoms with Crippen LogP contribution in [0.4, 0.5) is 4.39 Å². The highest BCUT2D eigenvalue weighted by Crippen LogP contribution is 2.55. The number of nitrogens with zero attached hydrogens (tertiary/aromatic N) is 3. The number of amidine groups is 1. The molecular formula is C27H29ClFN5O5S2. The van der Waals surface area contributed by atoms with Gasteiger partial charge in [0.1, 0.15) is 11.9 Å². The molecule has 2 unspecified atom stereocenters. The molecule has 1 aromatic heterocycles. The van der Waals surface area contributed by atoms with Crippen LogP contribution in [0.1, 0.15) is 55.6 Å². The van der Waals surface area contributed by atoms with Gasteiger partial charge in [0.15, 0.2) is 10.8 Å². The number of hydrogen-bond donors (Lipinski definition) is 2. The van der Waals surface area contributed by atoms with E-state index >= 15 is 0 Å². The number of benzene rings is 1. The zero-order valence-electron chi connectivity index (χ0n) is 22.2. The van der Waals surface area contributed by atoms with Gasteiger partial charge >= 0.3 is 5.97 Å². The zero-order chi connectivity index (χ0) is 28.9. The van der Waals surface area contributed by atoms with E-state index in [1.165, 1.54) is 23.5 Å². The fourth-order valence-corrected chi connectivity index (χ4v) is 7.75. The molecule has 1 saturated heterocycles. The number of sulfonamides is 1. The molecule has 2 aliphatic heterocycles. The Morgan fingerprint density at radius 1 is 1.32 bits per heavy atom. The summed E-state index contributed by atoms with van der Waals surface area (Å²) in [5.74, 6) is -1.31. The van der Waals surface area contributed by atoms with E-state index in [9.17, 15) is 22.4 Å². The molecule has 6 rings (SSSR count). The first kappa shape index (κ1) is 28.3. The Hall–Kier alpha value is -2.87. The van der Waals surface area contributed by atoms with Crippen LogP contribution in [0.25, 0.3) is 0 Å². The molecule has 2 N–H and O–H groups in total. The van der Waals surface area contributed by atoms with E-state index < -0.39 is 45.1 Å². The lowest BCUT2D eigenvalue weighted by atomic mass is 9.95. The third kappa shape index (κ3) is 5.77. The molecule has 1 amide bonds. The first-order valence-electron chi connectivity index (χ1n) is 13.5. The molecule has 41 heavy (non-hydrogen) atoms. The Kier molecular flexibility index (Phi) is 7.41. The van der Waals surface area contributed by atoms with Crippen molar-refractivity contribution in [1.29, 1.82) is 0 Å². The predicted molar refractivity (Wildman–Crippen MR) is 151 cm³/mol. The van der Waals surface area contributed by atoms with Crippen molar-refractivity contribution in [2.45, 2.75) is 56.4 Å². The minimum atomic E-state index is -3.72. The number of ether oxygens (including phenoxy) is 1. The van der Waals surface area contributed by atoms with Gasteiger partial charge in [-0.2, -0.15) is 0 Å². The minimum absolute atomic E-state index is 0.0590. The van der Waals surface area contributed by atoms with E-state index in [4.69, 9.17) is 21.3 Å². The fourth-order valence-electron chi connectivity index (χ4n) is 5.55. The molecule has 3 heterocycles. The lowest BCUT2D eigenvalue weighted by molar-refractivity contribution is -0.139. The van der Waals surface area contributed by atoms with Gasteiger partial charge in [-0.25, -0.2) is 22.6 Å². The molecule has 218 valence electrons. The van der Waals surface area contributed by atoms with E-state index in [-0.39, 0.29) is 29.2 Å². The molecule has 2 saturated carbocycles. The number of aromatic nitrogens is 1. The molecule has 2 aromatic rings. The van der Waals surface area contributed by atoms with Crippen LogP contribution in [-0.4, -0.2) is 67.0 Å². The van der Waals surface area contributed by atoms with Gasteiger partial charge in [-0.3, -0.25) is 19.4 Å². The fraction of sp³-hybridized carbons (Fsp3) is 0.481. The van der Waals surface area contributed by atoms with Crippen molar-refractivity contribution in [2.24, 2.45) is 10.4 Å². The number of halogens is 2. The van der Waals surface area contributed by atoms with Crippen LogP contribution in [0.5, 0.6) is 0 Å². The smallest absolute Gasteiger partial charge is 0.338 e. The topological polar surface area (TPSA) is 130 Å². The Morgan fingerprint density at radius 3 is 2.73 bits per heavy atom. The number of carbonyl (C=O) groups is 2. The van der Waals surface area contributed by atoms with Crippen molar-refractivity contribution < 1.29 is 27.1 Å². The second-order valence-corrected chi connectivity index (χ2v) is 14.2. The molecular weight excluding hydrogens is 593 g/mol. The molecule has 4 aliphatic rings. The van der Waals surface area contributed by atoms with E-state index in [2.05, 4.69) is 15.0 Å². The van der Waals surface area contributed by atoms with Crippen molar-refractivity contribution in [3.8, 4) is 0 Å². The second-order valence-electron chi connectivity index (χ2n) is 11.0. The molecule has 10 nitrogen and oxygen atoms in total. The van der Waals surface area contributed by atoms with Crippen molar-refractivity contribution in [3.63, 3.8) is 0 Å². The van der Waals surface area contributed by atoms with Crippen LogP contribution in [0.15, 0.2) is 46.0 Å². The average molecular weight is 622 g/mol. The largest absolute Gasteiger partial charge is 0.463 e. The van der Waals surface area contributed by atoms with Crippen LogP contribution in [-0.2, 0) is 24.3 Å². The SMILES string of the molecule is CCOC(=O)C1=C(CN2CC3(CC3)CC2C(=O)NS(=O)(=O)C2CC2)NC(c2nccs2)=NC1c1ccc(F)cc1Cl. The van der Waals surface area contributed by atoms with Crippen molar-refractivity contribution >= 4 is 50.7 Å². The Bertz CT molecular complexity index is 1550. The summed E-state index contributed by atoms with van der Waals surface area (Å²) >= 11 is 7.81. The van der Waals surface area contributed by atoms with Crippen LogP contribution in [0.3, 0.4) is 0 Å². The second kappa shape index (κ2) is 10.8. The molecule has 0 bridgehead atoms. The summed E-state index contributed by atoms with van der Waals surface area (Å²) in [5.41, 5.74) is 0.974. The van der Waals surface area contributed by atoms with Gasteiger partial charge < -0.3 is 10.1 Å². The van der Waals surface area contributed by atoms with Crippen molar-refractivity contribution in [1.82, 2.24) is 19.9 Å². The number of thiazole rings is 1. The van der Waals surface area contributed by atoms with Crippen LogP contribution in [0, 0.1) is 11.2 Å². The molecule has 2 atom stereocenters. The summed E-state index contributed by atoms with van der Waals surface area (Å²) in [4.78, 5) is 37.9. The first-order valence-corrected chi connectivity index (χ1v) is 16.3. The molecule has 1 aromatic carbocycles. The molecule has 1 spiro atoms. The van der Waals surface area contributed by atoms with Gasteiger partial charge in [-0.1, -0.05) is 17.7 Å². The normalized spacial score (nSPS) is 23.7. The van der Waals surface area contributed by atoms with Crippen LogP contribution < -0.4 is 10.0 Å². The molecule has 0 radical (unpaired) electrons. The quantitative estimate of drug-likeness (QED) is 0.408. The zero-order valence-corrected chi connectivity index (χ0v) is 24.6. The van der Waals surface area contributed by atoms with Gasteiger partial charge in [-0.05, 0) is 56.6 Å². The summed E-state index contributed by atoms with van der Waals surface area (Å²) in [6.45, 7) is 2.49. The first-order chi connectivity index (χ1) is 19.6. The third-order valence-electron chi connectivity index (χ3n) is 7.95. The van der Waals surface area contributed by atoms with Gasteiger partial charge in [0, 0.05) is 40.9 Å².